The first-order valence-corrected chi connectivity index (χ1v) is 9.51. The number of ether oxygens (including phenoxy) is 2. The van der Waals surface area contributed by atoms with Gasteiger partial charge >= 0.3 is 7.12 Å². The third kappa shape index (κ3) is 3.79. The predicted molar refractivity (Wildman–Crippen MR) is 104 cm³/mol. The number of hydrogen-bond acceptors (Lipinski definition) is 5. The van der Waals surface area contributed by atoms with Gasteiger partial charge in [0.1, 0.15) is 5.75 Å². The zero-order valence-corrected chi connectivity index (χ0v) is 17.2. The molecule has 5 nitrogen and oxygen atoms in total. The first kappa shape index (κ1) is 19.7. The molecule has 2 saturated heterocycles. The minimum atomic E-state index is -0.366. The summed E-state index contributed by atoms with van der Waals surface area (Å²) in [5, 5.41) is 0. The highest BCUT2D eigenvalue weighted by Gasteiger charge is 2.52. The van der Waals surface area contributed by atoms with Gasteiger partial charge in [-0.25, -0.2) is 0 Å². The van der Waals surface area contributed by atoms with Crippen LogP contribution in [0.15, 0.2) is 18.2 Å². The number of methoxy groups -OCH3 is 1. The van der Waals surface area contributed by atoms with Crippen molar-refractivity contribution in [1.82, 2.24) is 4.90 Å². The molecule has 0 N–H and O–H groups in total. The quantitative estimate of drug-likeness (QED) is 0.771. The third-order valence-corrected chi connectivity index (χ3v) is 5.97. The summed E-state index contributed by atoms with van der Waals surface area (Å²) in [7, 11) is 1.34. The SMILES string of the molecule is COc1ccc(B2OC(C)(C)C(C)(C)O2)c(CN2CC(C)OCC2C)c1. The molecule has 2 aliphatic rings. The molecule has 2 unspecified atom stereocenters. The second kappa shape index (κ2) is 7.15. The highest BCUT2D eigenvalue weighted by Crippen LogP contribution is 2.37. The van der Waals surface area contributed by atoms with Gasteiger partial charge in [-0.15, -0.1) is 0 Å². The van der Waals surface area contributed by atoms with Gasteiger partial charge in [0.15, 0.2) is 0 Å². The smallest absolute Gasteiger partial charge is 0.495 e. The average Bonchev–Trinajstić information content (AvgIpc) is 2.78. The number of hydrogen-bond donors (Lipinski definition) is 0. The van der Waals surface area contributed by atoms with Crippen LogP contribution in [0.5, 0.6) is 5.75 Å². The summed E-state index contributed by atoms with van der Waals surface area (Å²) in [6, 6.07) is 6.54. The summed E-state index contributed by atoms with van der Waals surface area (Å²) >= 11 is 0. The van der Waals surface area contributed by atoms with Crippen molar-refractivity contribution >= 4 is 12.6 Å². The summed E-state index contributed by atoms with van der Waals surface area (Å²) in [6.07, 6.45) is 0.247. The maximum atomic E-state index is 6.30. The van der Waals surface area contributed by atoms with Gasteiger partial charge in [0.2, 0.25) is 0 Å². The molecule has 144 valence electrons. The number of rotatable bonds is 4. The molecule has 2 heterocycles. The minimum Gasteiger partial charge on any atom is -0.497 e. The van der Waals surface area contributed by atoms with Crippen molar-refractivity contribution < 1.29 is 18.8 Å². The molecule has 1 aromatic carbocycles. The Bertz CT molecular complexity index is 633. The Morgan fingerprint density at radius 3 is 2.42 bits per heavy atom. The lowest BCUT2D eigenvalue weighted by molar-refractivity contribution is -0.0526. The molecule has 0 spiro atoms. The molecule has 2 aliphatic heterocycles. The second-order valence-electron chi connectivity index (χ2n) is 8.58. The van der Waals surface area contributed by atoms with Gasteiger partial charge in [-0.2, -0.15) is 0 Å². The lowest BCUT2D eigenvalue weighted by Crippen LogP contribution is -2.48. The largest absolute Gasteiger partial charge is 0.497 e. The predicted octanol–water partition coefficient (Wildman–Crippen LogP) is 2.60. The molecular weight excluding hydrogens is 329 g/mol. The monoisotopic (exact) mass is 361 g/mol. The minimum absolute atomic E-state index is 0.247. The van der Waals surface area contributed by atoms with Crippen molar-refractivity contribution in [3.05, 3.63) is 23.8 Å². The van der Waals surface area contributed by atoms with E-state index in [9.17, 15) is 0 Å². The summed E-state index contributed by atoms with van der Waals surface area (Å²) in [5.74, 6) is 0.856. The van der Waals surface area contributed by atoms with E-state index in [0.29, 0.717) is 6.04 Å². The standard InChI is InChI=1S/C20H32BNO4/c1-14-13-24-15(2)11-22(14)12-16-10-17(23-7)8-9-18(16)21-25-19(3,4)20(5,6)26-21/h8-10,14-15H,11-13H2,1-7H3. The van der Waals surface area contributed by atoms with Crippen molar-refractivity contribution in [3.63, 3.8) is 0 Å². The maximum absolute atomic E-state index is 6.30. The molecule has 0 saturated carbocycles. The number of morpholine rings is 1. The van der Waals surface area contributed by atoms with E-state index in [1.165, 1.54) is 5.56 Å². The lowest BCUT2D eigenvalue weighted by atomic mass is 9.75. The molecule has 2 atom stereocenters. The molecule has 0 amide bonds. The molecule has 3 rings (SSSR count). The summed E-state index contributed by atoms with van der Waals surface area (Å²) in [6.45, 7) is 15.2. The van der Waals surface area contributed by atoms with Crippen LogP contribution in [0.3, 0.4) is 0 Å². The Hall–Kier alpha value is -1.08. The number of nitrogens with zero attached hydrogens (tertiary/aromatic N) is 1. The van der Waals surface area contributed by atoms with Crippen LogP contribution in [0.25, 0.3) is 0 Å². The molecule has 26 heavy (non-hydrogen) atoms. The van der Waals surface area contributed by atoms with Crippen LogP contribution in [0.2, 0.25) is 0 Å². The van der Waals surface area contributed by atoms with Gasteiger partial charge in [0.25, 0.3) is 0 Å². The van der Waals surface area contributed by atoms with Gasteiger partial charge < -0.3 is 18.8 Å². The first-order valence-electron chi connectivity index (χ1n) is 9.51. The molecule has 0 bridgehead atoms. The summed E-state index contributed by atoms with van der Waals surface area (Å²) in [4.78, 5) is 2.46. The van der Waals surface area contributed by atoms with Crippen LogP contribution in [0, 0.1) is 0 Å². The average molecular weight is 361 g/mol. The van der Waals surface area contributed by atoms with Gasteiger partial charge in [0, 0.05) is 19.1 Å². The molecule has 0 radical (unpaired) electrons. The highest BCUT2D eigenvalue weighted by atomic mass is 16.7. The topological polar surface area (TPSA) is 40.2 Å². The van der Waals surface area contributed by atoms with Crippen molar-refractivity contribution in [3.8, 4) is 5.75 Å². The van der Waals surface area contributed by atoms with Crippen LogP contribution >= 0.6 is 0 Å². The third-order valence-electron chi connectivity index (χ3n) is 5.97. The van der Waals surface area contributed by atoms with Crippen LogP contribution in [-0.2, 0) is 20.6 Å². The highest BCUT2D eigenvalue weighted by molar-refractivity contribution is 6.62. The van der Waals surface area contributed by atoms with Crippen LogP contribution in [0.1, 0.15) is 47.1 Å². The Labute approximate surface area is 158 Å². The lowest BCUT2D eigenvalue weighted by Gasteiger charge is -2.37. The van der Waals surface area contributed by atoms with E-state index in [4.69, 9.17) is 18.8 Å². The Balaban J connectivity index is 1.89. The normalized spacial score (nSPS) is 28.3. The van der Waals surface area contributed by atoms with Crippen molar-refractivity contribution in [2.24, 2.45) is 0 Å². The van der Waals surface area contributed by atoms with Gasteiger partial charge in [0.05, 0.1) is 31.0 Å². The molecule has 0 aliphatic carbocycles. The molecule has 1 aromatic rings. The van der Waals surface area contributed by atoms with Crippen LogP contribution in [0.4, 0.5) is 0 Å². The van der Waals surface area contributed by atoms with Crippen molar-refractivity contribution in [1.29, 1.82) is 0 Å². The number of benzene rings is 1. The fraction of sp³-hybridized carbons (Fsp3) is 0.700. The zero-order valence-electron chi connectivity index (χ0n) is 17.2. The maximum Gasteiger partial charge on any atom is 0.495 e. The van der Waals surface area contributed by atoms with Crippen LogP contribution < -0.4 is 10.2 Å². The Morgan fingerprint density at radius 1 is 1.15 bits per heavy atom. The van der Waals surface area contributed by atoms with E-state index >= 15 is 0 Å². The second-order valence-corrected chi connectivity index (χ2v) is 8.58. The van der Waals surface area contributed by atoms with E-state index < -0.39 is 0 Å². The Kier molecular flexibility index (Phi) is 5.41. The molecule has 2 fully saturated rings. The summed E-state index contributed by atoms with van der Waals surface area (Å²) in [5.41, 5.74) is 1.56. The van der Waals surface area contributed by atoms with Crippen molar-refractivity contribution in [2.45, 2.75) is 71.4 Å². The van der Waals surface area contributed by atoms with Gasteiger partial charge in [-0.3, -0.25) is 4.90 Å². The fourth-order valence-electron chi connectivity index (χ4n) is 3.46. The molecule has 6 heteroatoms. The van der Waals surface area contributed by atoms with Gasteiger partial charge in [-0.1, -0.05) is 6.07 Å². The van der Waals surface area contributed by atoms with Crippen LogP contribution in [-0.4, -0.2) is 55.6 Å². The van der Waals surface area contributed by atoms with E-state index in [2.05, 4.69) is 58.6 Å². The Morgan fingerprint density at radius 2 is 1.81 bits per heavy atom. The summed E-state index contributed by atoms with van der Waals surface area (Å²) < 4.78 is 23.8. The zero-order chi connectivity index (χ0) is 19.1. The van der Waals surface area contributed by atoms with E-state index in [-0.39, 0.29) is 24.4 Å². The first-order chi connectivity index (χ1) is 12.1. The molecular formula is C20H32BNO4. The van der Waals surface area contributed by atoms with E-state index in [0.717, 1.165) is 30.9 Å². The van der Waals surface area contributed by atoms with E-state index in [1.807, 2.05) is 6.07 Å². The fourth-order valence-corrected chi connectivity index (χ4v) is 3.46. The van der Waals surface area contributed by atoms with Gasteiger partial charge in [-0.05, 0) is 64.7 Å². The molecule has 0 aromatic heterocycles. The van der Waals surface area contributed by atoms with Crippen molar-refractivity contribution in [2.75, 3.05) is 20.3 Å². The van der Waals surface area contributed by atoms with E-state index in [1.54, 1.807) is 7.11 Å².